The summed E-state index contributed by atoms with van der Waals surface area (Å²) in [5.74, 6) is 0.197. The maximum Gasteiger partial charge on any atom is 0.124 e. The smallest absolute Gasteiger partial charge is 0.124 e. The Morgan fingerprint density at radius 3 is 2.59 bits per heavy atom. The summed E-state index contributed by atoms with van der Waals surface area (Å²) in [7, 11) is 0. The summed E-state index contributed by atoms with van der Waals surface area (Å²) in [5, 5.41) is 22.5. The van der Waals surface area contributed by atoms with Crippen LogP contribution in [0.3, 0.4) is 0 Å². The zero-order valence-electron chi connectivity index (χ0n) is 9.76. The van der Waals surface area contributed by atoms with Gasteiger partial charge in [0.15, 0.2) is 0 Å². The highest BCUT2D eigenvalue weighted by atomic mass is 16.3. The molecule has 1 aliphatic heterocycles. The number of phenolic OH excluding ortho intramolecular Hbond substituents is 2. The third-order valence-electron chi connectivity index (χ3n) is 3.10. The number of phenols is 2. The van der Waals surface area contributed by atoms with Crippen molar-refractivity contribution < 1.29 is 10.2 Å². The molecule has 0 aromatic heterocycles. The molecule has 1 aliphatic rings. The van der Waals surface area contributed by atoms with E-state index in [1.54, 1.807) is 12.1 Å². The van der Waals surface area contributed by atoms with Crippen LogP contribution < -0.4 is 5.32 Å². The highest BCUT2D eigenvalue weighted by Gasteiger charge is 2.21. The second-order valence-corrected chi connectivity index (χ2v) is 4.21. The fourth-order valence-corrected chi connectivity index (χ4v) is 2.22. The summed E-state index contributed by atoms with van der Waals surface area (Å²) in [4.78, 5) is 2.26. The van der Waals surface area contributed by atoms with Crippen LogP contribution in [0.5, 0.6) is 11.5 Å². The summed E-state index contributed by atoms with van der Waals surface area (Å²) >= 11 is 0. The van der Waals surface area contributed by atoms with Gasteiger partial charge in [-0.25, -0.2) is 0 Å². The Morgan fingerprint density at radius 1 is 1.29 bits per heavy atom. The van der Waals surface area contributed by atoms with Gasteiger partial charge >= 0.3 is 0 Å². The van der Waals surface area contributed by atoms with Gasteiger partial charge in [-0.05, 0) is 12.1 Å². The molecule has 0 aliphatic carbocycles. The van der Waals surface area contributed by atoms with Crippen LogP contribution in [0, 0.1) is 0 Å². The third kappa shape index (κ3) is 2.60. The van der Waals surface area contributed by atoms with Crippen LogP contribution in [0.2, 0.25) is 0 Å². The van der Waals surface area contributed by atoms with Crippen molar-refractivity contribution in [3.05, 3.63) is 36.4 Å². The highest BCUT2D eigenvalue weighted by molar-refractivity contribution is 5.42. The monoisotopic (exact) mass is 234 g/mol. The molecule has 0 saturated carbocycles. The van der Waals surface area contributed by atoms with Gasteiger partial charge in [-0.3, -0.25) is 4.90 Å². The lowest BCUT2D eigenvalue weighted by Gasteiger charge is -2.33. The molecule has 17 heavy (non-hydrogen) atoms. The zero-order chi connectivity index (χ0) is 12.3. The average molecular weight is 234 g/mol. The zero-order valence-corrected chi connectivity index (χ0v) is 9.76. The maximum atomic E-state index is 9.87. The Kier molecular flexibility index (Phi) is 3.66. The first-order valence-corrected chi connectivity index (χ1v) is 5.81. The first-order valence-electron chi connectivity index (χ1n) is 5.81. The van der Waals surface area contributed by atoms with Crippen molar-refractivity contribution in [3.63, 3.8) is 0 Å². The summed E-state index contributed by atoms with van der Waals surface area (Å²) in [6.45, 7) is 7.59. The topological polar surface area (TPSA) is 55.7 Å². The van der Waals surface area contributed by atoms with E-state index in [2.05, 4.69) is 16.8 Å². The third-order valence-corrected chi connectivity index (χ3v) is 3.10. The van der Waals surface area contributed by atoms with Gasteiger partial charge in [0.1, 0.15) is 11.5 Å². The standard InChI is InChI=1S/C13H18N2O2/c1-2-12(15-7-5-14-6-8-15)11-4-3-10(16)9-13(11)17/h2-4,9,12,14,16-17H,1,5-8H2/t12-/m0/s1. The quantitative estimate of drug-likeness (QED) is 0.689. The molecule has 4 nitrogen and oxygen atoms in total. The van der Waals surface area contributed by atoms with Crippen LogP contribution in [0.15, 0.2) is 30.9 Å². The Morgan fingerprint density at radius 2 is 2.00 bits per heavy atom. The van der Waals surface area contributed by atoms with Gasteiger partial charge in [-0.15, -0.1) is 6.58 Å². The maximum absolute atomic E-state index is 9.87. The molecule has 3 N–H and O–H groups in total. The van der Waals surface area contributed by atoms with E-state index in [1.165, 1.54) is 6.07 Å². The van der Waals surface area contributed by atoms with Crippen LogP contribution in [-0.2, 0) is 0 Å². The van der Waals surface area contributed by atoms with Crippen LogP contribution in [-0.4, -0.2) is 41.3 Å². The summed E-state index contributed by atoms with van der Waals surface area (Å²) < 4.78 is 0. The molecule has 1 aromatic rings. The normalized spacial score (nSPS) is 18.8. The number of benzene rings is 1. The Labute approximate surface area is 101 Å². The lowest BCUT2D eigenvalue weighted by atomic mass is 10.0. The second-order valence-electron chi connectivity index (χ2n) is 4.21. The van der Waals surface area contributed by atoms with E-state index in [9.17, 15) is 10.2 Å². The molecule has 0 radical (unpaired) electrons. The summed E-state index contributed by atoms with van der Waals surface area (Å²) in [6.07, 6.45) is 1.83. The molecule has 2 rings (SSSR count). The van der Waals surface area contributed by atoms with Gasteiger partial charge in [-0.1, -0.05) is 6.08 Å². The number of nitrogens with zero attached hydrogens (tertiary/aromatic N) is 1. The molecular weight excluding hydrogens is 216 g/mol. The second kappa shape index (κ2) is 5.21. The van der Waals surface area contributed by atoms with E-state index in [1.807, 2.05) is 6.08 Å². The van der Waals surface area contributed by atoms with Crippen molar-refractivity contribution in [2.24, 2.45) is 0 Å². The van der Waals surface area contributed by atoms with E-state index < -0.39 is 0 Å². The molecule has 0 spiro atoms. The van der Waals surface area contributed by atoms with Gasteiger partial charge in [0.2, 0.25) is 0 Å². The highest BCUT2D eigenvalue weighted by Crippen LogP contribution is 2.32. The predicted octanol–water partition coefficient (Wildman–Crippen LogP) is 1.23. The van der Waals surface area contributed by atoms with Crippen LogP contribution >= 0.6 is 0 Å². The van der Waals surface area contributed by atoms with Gasteiger partial charge in [-0.2, -0.15) is 0 Å². The largest absolute Gasteiger partial charge is 0.508 e. The summed E-state index contributed by atoms with van der Waals surface area (Å²) in [5.41, 5.74) is 0.791. The first-order chi connectivity index (χ1) is 8.22. The Bertz CT molecular complexity index is 400. The van der Waals surface area contributed by atoms with Crippen molar-refractivity contribution in [1.29, 1.82) is 0 Å². The Balaban J connectivity index is 2.24. The minimum atomic E-state index is -0.00213. The van der Waals surface area contributed by atoms with E-state index in [4.69, 9.17) is 0 Å². The molecule has 92 valence electrons. The molecule has 1 atom stereocenters. The number of rotatable bonds is 3. The van der Waals surface area contributed by atoms with Crippen molar-refractivity contribution in [1.82, 2.24) is 10.2 Å². The molecule has 1 heterocycles. The van der Waals surface area contributed by atoms with Crippen LogP contribution in [0.1, 0.15) is 11.6 Å². The number of aromatic hydroxyl groups is 2. The van der Waals surface area contributed by atoms with Gasteiger partial charge in [0, 0.05) is 37.8 Å². The van der Waals surface area contributed by atoms with Gasteiger partial charge in [0.05, 0.1) is 6.04 Å². The van der Waals surface area contributed by atoms with E-state index >= 15 is 0 Å². The van der Waals surface area contributed by atoms with Crippen LogP contribution in [0.4, 0.5) is 0 Å². The van der Waals surface area contributed by atoms with Crippen molar-refractivity contribution in [3.8, 4) is 11.5 Å². The van der Waals surface area contributed by atoms with Gasteiger partial charge in [0.25, 0.3) is 0 Å². The number of hydrogen-bond donors (Lipinski definition) is 3. The molecule has 0 amide bonds. The van der Waals surface area contributed by atoms with Crippen LogP contribution in [0.25, 0.3) is 0 Å². The fraction of sp³-hybridized carbons (Fsp3) is 0.385. The number of nitrogens with one attached hydrogen (secondary N) is 1. The van der Waals surface area contributed by atoms with Crippen molar-refractivity contribution >= 4 is 0 Å². The molecule has 1 saturated heterocycles. The van der Waals surface area contributed by atoms with Gasteiger partial charge < -0.3 is 15.5 Å². The number of hydrogen-bond acceptors (Lipinski definition) is 4. The van der Waals surface area contributed by atoms with E-state index in [0.717, 1.165) is 31.7 Å². The molecule has 1 fully saturated rings. The molecular formula is C13H18N2O2. The average Bonchev–Trinajstić information content (AvgIpc) is 2.34. The molecule has 4 heteroatoms. The minimum absolute atomic E-state index is 0.00213. The number of piperazine rings is 1. The van der Waals surface area contributed by atoms with Crippen molar-refractivity contribution in [2.75, 3.05) is 26.2 Å². The fourth-order valence-electron chi connectivity index (χ4n) is 2.22. The SMILES string of the molecule is C=C[C@@H](c1ccc(O)cc1O)N1CCNCC1. The van der Waals surface area contributed by atoms with E-state index in [0.29, 0.717) is 0 Å². The predicted molar refractivity (Wildman–Crippen MR) is 67.2 cm³/mol. The molecule has 1 aromatic carbocycles. The minimum Gasteiger partial charge on any atom is -0.508 e. The lowest BCUT2D eigenvalue weighted by molar-refractivity contribution is 0.201. The van der Waals surface area contributed by atoms with Crippen molar-refractivity contribution in [2.45, 2.75) is 6.04 Å². The Hall–Kier alpha value is -1.52. The van der Waals surface area contributed by atoms with E-state index in [-0.39, 0.29) is 17.5 Å². The molecule has 0 unspecified atom stereocenters. The lowest BCUT2D eigenvalue weighted by Crippen LogP contribution is -2.44. The first kappa shape index (κ1) is 12.0. The summed E-state index contributed by atoms with van der Waals surface area (Å²) in [6, 6.07) is 4.71. The molecule has 0 bridgehead atoms.